The van der Waals surface area contributed by atoms with E-state index >= 15 is 0 Å². The van der Waals surface area contributed by atoms with Crippen LogP contribution < -0.4 is 0 Å². The zero-order valence-corrected chi connectivity index (χ0v) is 11.7. The van der Waals surface area contributed by atoms with Crippen molar-refractivity contribution in [3.05, 3.63) is 33.8 Å². The fraction of sp³-hybridized carbons (Fsp3) is 0.400. The maximum atomic E-state index is 10.9. The summed E-state index contributed by atoms with van der Waals surface area (Å²) in [4.78, 5) is 0. The molecule has 0 aliphatic carbocycles. The number of hydrogen-bond donors (Lipinski definition) is 0. The van der Waals surface area contributed by atoms with Crippen LogP contribution in [-0.2, 0) is 14.8 Å². The molecule has 0 saturated heterocycles. The third kappa shape index (κ3) is 4.53. The van der Waals surface area contributed by atoms with E-state index in [0.717, 1.165) is 10.0 Å². The third-order valence-electron chi connectivity index (χ3n) is 1.99. The molecule has 2 nitrogen and oxygen atoms in total. The molecular formula is C10H12BrClO2S. The number of rotatable bonds is 3. The molecule has 1 aromatic carbocycles. The second kappa shape index (κ2) is 4.85. The van der Waals surface area contributed by atoms with Crippen LogP contribution in [0.3, 0.4) is 0 Å². The minimum atomic E-state index is -3.49. The molecule has 0 radical (unpaired) electrons. The summed E-state index contributed by atoms with van der Waals surface area (Å²) in [7, 11) is 1.72. The van der Waals surface area contributed by atoms with Crippen LogP contribution in [0.2, 0.25) is 0 Å². The van der Waals surface area contributed by atoms with Crippen LogP contribution in [0, 0.1) is 0 Å². The van der Waals surface area contributed by atoms with Gasteiger partial charge < -0.3 is 0 Å². The lowest BCUT2D eigenvalue weighted by atomic mass is 10.0. The van der Waals surface area contributed by atoms with E-state index in [9.17, 15) is 8.42 Å². The van der Waals surface area contributed by atoms with Crippen molar-refractivity contribution < 1.29 is 8.42 Å². The van der Waals surface area contributed by atoms with Gasteiger partial charge >= 0.3 is 0 Å². The standard InChI is InChI=1S/C10H12BrClO2S/c1-7(2)9-3-8(4-10(11)5-9)6-15(12,13)14/h3-5,7H,6H2,1-2H3. The summed E-state index contributed by atoms with van der Waals surface area (Å²) in [5, 5.41) is 0. The Kier molecular flexibility index (Phi) is 4.20. The molecule has 0 fully saturated rings. The van der Waals surface area contributed by atoms with Crippen LogP contribution in [0.15, 0.2) is 22.7 Å². The highest BCUT2D eigenvalue weighted by molar-refractivity contribution is 9.10. The SMILES string of the molecule is CC(C)c1cc(Br)cc(CS(=O)(=O)Cl)c1. The number of halogens is 2. The predicted octanol–water partition coefficient (Wildman–Crippen LogP) is 3.64. The summed E-state index contributed by atoms with van der Waals surface area (Å²) in [6.07, 6.45) is 0. The van der Waals surface area contributed by atoms with E-state index in [2.05, 4.69) is 29.8 Å². The van der Waals surface area contributed by atoms with Gasteiger partial charge in [-0.3, -0.25) is 0 Å². The van der Waals surface area contributed by atoms with Gasteiger partial charge in [-0.25, -0.2) is 8.42 Å². The summed E-state index contributed by atoms with van der Waals surface area (Å²) in [5.41, 5.74) is 1.81. The van der Waals surface area contributed by atoms with Crippen molar-refractivity contribution in [2.24, 2.45) is 0 Å². The van der Waals surface area contributed by atoms with Crippen molar-refractivity contribution in [2.75, 3.05) is 0 Å². The highest BCUT2D eigenvalue weighted by atomic mass is 79.9. The molecule has 0 aliphatic rings. The van der Waals surface area contributed by atoms with E-state index in [4.69, 9.17) is 10.7 Å². The fourth-order valence-corrected chi connectivity index (χ4v) is 2.79. The van der Waals surface area contributed by atoms with Crippen LogP contribution in [0.4, 0.5) is 0 Å². The summed E-state index contributed by atoms with van der Waals surface area (Å²) < 4.78 is 22.8. The van der Waals surface area contributed by atoms with Gasteiger partial charge in [-0.05, 0) is 29.2 Å². The molecule has 84 valence electrons. The Labute approximate surface area is 103 Å². The van der Waals surface area contributed by atoms with Gasteiger partial charge in [0.15, 0.2) is 0 Å². The summed E-state index contributed by atoms with van der Waals surface area (Å²) in [5.74, 6) is 0.229. The zero-order chi connectivity index (χ0) is 11.6. The minimum Gasteiger partial charge on any atom is -0.212 e. The van der Waals surface area contributed by atoms with Gasteiger partial charge in [-0.1, -0.05) is 35.8 Å². The zero-order valence-electron chi connectivity index (χ0n) is 8.50. The van der Waals surface area contributed by atoms with Crippen molar-refractivity contribution >= 4 is 35.7 Å². The molecule has 0 bridgehead atoms. The second-order valence-electron chi connectivity index (χ2n) is 3.73. The lowest BCUT2D eigenvalue weighted by Gasteiger charge is -2.08. The minimum absolute atomic E-state index is 0.131. The number of benzene rings is 1. The summed E-state index contributed by atoms with van der Waals surface area (Å²) >= 11 is 3.35. The number of hydrogen-bond acceptors (Lipinski definition) is 2. The van der Waals surface area contributed by atoms with Crippen LogP contribution in [-0.4, -0.2) is 8.42 Å². The van der Waals surface area contributed by atoms with Crippen molar-refractivity contribution in [1.29, 1.82) is 0 Å². The van der Waals surface area contributed by atoms with Crippen molar-refractivity contribution in [3.8, 4) is 0 Å². The van der Waals surface area contributed by atoms with Gasteiger partial charge in [0.1, 0.15) is 0 Å². The molecule has 0 amide bonds. The largest absolute Gasteiger partial charge is 0.236 e. The average Bonchev–Trinajstić information content (AvgIpc) is 1.99. The van der Waals surface area contributed by atoms with E-state index in [1.54, 1.807) is 6.07 Å². The van der Waals surface area contributed by atoms with Gasteiger partial charge in [-0.15, -0.1) is 0 Å². The Morgan fingerprint density at radius 3 is 2.40 bits per heavy atom. The Balaban J connectivity index is 3.10. The van der Waals surface area contributed by atoms with E-state index in [-0.39, 0.29) is 5.75 Å². The fourth-order valence-electron chi connectivity index (χ4n) is 1.29. The van der Waals surface area contributed by atoms with Crippen LogP contribution in [0.1, 0.15) is 30.9 Å². The monoisotopic (exact) mass is 310 g/mol. The Hall–Kier alpha value is -0.0600. The first-order valence-corrected chi connectivity index (χ1v) is 7.77. The van der Waals surface area contributed by atoms with Crippen molar-refractivity contribution in [3.63, 3.8) is 0 Å². The Morgan fingerprint density at radius 2 is 1.93 bits per heavy atom. The van der Waals surface area contributed by atoms with E-state index in [0.29, 0.717) is 11.5 Å². The van der Waals surface area contributed by atoms with Gasteiger partial charge in [0, 0.05) is 15.2 Å². The molecule has 0 aliphatic heterocycles. The molecule has 1 rings (SSSR count). The molecule has 0 heterocycles. The Morgan fingerprint density at radius 1 is 1.33 bits per heavy atom. The lowest BCUT2D eigenvalue weighted by molar-refractivity contribution is 0.609. The second-order valence-corrected chi connectivity index (χ2v) is 7.42. The average molecular weight is 312 g/mol. The highest BCUT2D eigenvalue weighted by Crippen LogP contribution is 2.23. The molecule has 15 heavy (non-hydrogen) atoms. The topological polar surface area (TPSA) is 34.1 Å². The molecule has 5 heteroatoms. The molecule has 1 aromatic rings. The molecule has 0 unspecified atom stereocenters. The molecule has 0 saturated carbocycles. The maximum absolute atomic E-state index is 10.9. The van der Waals surface area contributed by atoms with E-state index < -0.39 is 9.05 Å². The molecule has 0 N–H and O–H groups in total. The Bertz CT molecular complexity index is 454. The van der Waals surface area contributed by atoms with Crippen LogP contribution in [0.5, 0.6) is 0 Å². The lowest BCUT2D eigenvalue weighted by Crippen LogP contribution is -1.97. The summed E-state index contributed by atoms with van der Waals surface area (Å²) in [6, 6.07) is 5.62. The van der Waals surface area contributed by atoms with Crippen LogP contribution in [0.25, 0.3) is 0 Å². The molecular weight excluding hydrogens is 300 g/mol. The van der Waals surface area contributed by atoms with Gasteiger partial charge in [0.2, 0.25) is 9.05 Å². The van der Waals surface area contributed by atoms with Crippen molar-refractivity contribution in [2.45, 2.75) is 25.5 Å². The first-order chi connectivity index (χ1) is 6.78. The maximum Gasteiger partial charge on any atom is 0.236 e. The molecule has 0 aromatic heterocycles. The van der Waals surface area contributed by atoms with Gasteiger partial charge in [-0.2, -0.15) is 0 Å². The molecule has 0 atom stereocenters. The third-order valence-corrected chi connectivity index (χ3v) is 3.45. The quantitative estimate of drug-likeness (QED) is 0.799. The molecule has 0 spiro atoms. The normalized spacial score (nSPS) is 12.1. The summed E-state index contributed by atoms with van der Waals surface area (Å²) in [6.45, 7) is 4.11. The van der Waals surface area contributed by atoms with Gasteiger partial charge in [0.25, 0.3) is 0 Å². The van der Waals surface area contributed by atoms with E-state index in [1.807, 2.05) is 12.1 Å². The first kappa shape index (κ1) is 13.0. The predicted molar refractivity (Wildman–Crippen MR) is 66.7 cm³/mol. The first-order valence-electron chi connectivity index (χ1n) is 4.49. The highest BCUT2D eigenvalue weighted by Gasteiger charge is 2.10. The van der Waals surface area contributed by atoms with Gasteiger partial charge in [0.05, 0.1) is 5.75 Å². The smallest absolute Gasteiger partial charge is 0.212 e. The van der Waals surface area contributed by atoms with E-state index in [1.165, 1.54) is 0 Å². The van der Waals surface area contributed by atoms with Crippen molar-refractivity contribution in [1.82, 2.24) is 0 Å². The van der Waals surface area contributed by atoms with Crippen LogP contribution >= 0.6 is 26.6 Å².